The number of hydrogen-bond acceptors (Lipinski definition) is 5. The zero-order chi connectivity index (χ0) is 14.0. The summed E-state index contributed by atoms with van der Waals surface area (Å²) in [5, 5.41) is 0. The zero-order valence-electron chi connectivity index (χ0n) is 11.4. The van der Waals surface area contributed by atoms with Crippen molar-refractivity contribution in [3.63, 3.8) is 0 Å². The number of carbonyl (C=O) groups is 3. The molecule has 5 aliphatic carbocycles. The first-order valence-electron chi connectivity index (χ1n) is 7.40. The molecule has 5 nitrogen and oxygen atoms in total. The lowest BCUT2D eigenvalue weighted by atomic mass is 9.58. The molecule has 2 bridgehead atoms. The molecule has 0 radical (unpaired) electrons. The monoisotopic (exact) mass is 276 g/mol. The summed E-state index contributed by atoms with van der Waals surface area (Å²) >= 11 is 0. The molecule has 20 heavy (non-hydrogen) atoms. The number of ether oxygens (including phenoxy) is 2. The quantitative estimate of drug-likeness (QED) is 0.550. The largest absolute Gasteiger partial charge is 0.422 e. The number of fused-ring (bicyclic) bond motifs is 2. The van der Waals surface area contributed by atoms with Crippen LogP contribution < -0.4 is 0 Å². The number of rotatable bonds is 2. The Morgan fingerprint density at radius 2 is 1.65 bits per heavy atom. The third-order valence-corrected chi connectivity index (χ3v) is 6.70. The van der Waals surface area contributed by atoms with Crippen LogP contribution in [0.2, 0.25) is 0 Å². The van der Waals surface area contributed by atoms with Crippen LogP contribution in [0, 0.1) is 47.3 Å². The van der Waals surface area contributed by atoms with Gasteiger partial charge in [-0.3, -0.25) is 14.4 Å². The van der Waals surface area contributed by atoms with Crippen LogP contribution in [-0.4, -0.2) is 23.5 Å². The van der Waals surface area contributed by atoms with Crippen molar-refractivity contribution in [3.8, 4) is 0 Å². The lowest BCUT2D eigenvalue weighted by molar-refractivity contribution is -0.280. The molecule has 5 heteroatoms. The van der Waals surface area contributed by atoms with Crippen molar-refractivity contribution in [1.82, 2.24) is 0 Å². The van der Waals surface area contributed by atoms with Crippen LogP contribution >= 0.6 is 0 Å². The van der Waals surface area contributed by atoms with Gasteiger partial charge in [0.25, 0.3) is 5.79 Å². The molecule has 5 saturated carbocycles. The SMILES string of the molecule is CC(=O)OC1(OC(C)=O)[C@@H]2[C@H]3C[C@H]4[C@@H]2C(=O)[C@@H]2[C@@H]4[C@@H]3[C@H]21. The van der Waals surface area contributed by atoms with Gasteiger partial charge in [0, 0.05) is 31.6 Å². The molecule has 0 amide bonds. The fourth-order valence-corrected chi connectivity index (χ4v) is 6.86. The second kappa shape index (κ2) is 2.95. The summed E-state index contributed by atoms with van der Waals surface area (Å²) in [4.78, 5) is 35.6. The summed E-state index contributed by atoms with van der Waals surface area (Å²) in [5.41, 5.74) is 0. The van der Waals surface area contributed by atoms with E-state index in [0.29, 0.717) is 29.5 Å². The van der Waals surface area contributed by atoms with E-state index in [-0.39, 0.29) is 23.7 Å². The minimum absolute atomic E-state index is 0.0301. The summed E-state index contributed by atoms with van der Waals surface area (Å²) in [7, 11) is 0. The molecule has 0 spiro atoms. The summed E-state index contributed by atoms with van der Waals surface area (Å²) in [6.45, 7) is 2.70. The van der Waals surface area contributed by atoms with Crippen molar-refractivity contribution < 1.29 is 23.9 Å². The standard InChI is InChI=1S/C15H16O5/c1-4(16)19-15(20-5(2)17)12-7-3-6-8-9(7)13(15)11(8)14(18)10(6)12/h6-13H,3H2,1-2H3/t6-,7+,8+,9-,10+,11-,12-,13-/m1/s1. The highest BCUT2D eigenvalue weighted by molar-refractivity contribution is 5.92. The summed E-state index contributed by atoms with van der Waals surface area (Å²) in [5.74, 6) is -0.108. The molecule has 5 rings (SSSR count). The predicted molar refractivity (Wildman–Crippen MR) is 63.8 cm³/mol. The average Bonchev–Trinajstić information content (AvgIpc) is 2.77. The first-order chi connectivity index (χ1) is 9.47. The number of ketones is 1. The molecule has 0 unspecified atom stereocenters. The van der Waals surface area contributed by atoms with E-state index >= 15 is 0 Å². The summed E-state index contributed by atoms with van der Waals surface area (Å²) in [6.07, 6.45) is 1.05. The number of carbonyl (C=O) groups excluding carboxylic acids is 3. The van der Waals surface area contributed by atoms with Gasteiger partial charge in [-0.2, -0.15) is 0 Å². The Balaban J connectivity index is 1.67. The van der Waals surface area contributed by atoms with Crippen molar-refractivity contribution in [2.45, 2.75) is 26.1 Å². The van der Waals surface area contributed by atoms with Crippen LogP contribution in [0.15, 0.2) is 0 Å². The van der Waals surface area contributed by atoms with E-state index < -0.39 is 17.7 Å². The summed E-state index contributed by atoms with van der Waals surface area (Å²) in [6, 6.07) is 0. The van der Waals surface area contributed by atoms with Gasteiger partial charge in [0.05, 0.1) is 5.92 Å². The van der Waals surface area contributed by atoms with Gasteiger partial charge in [-0.1, -0.05) is 0 Å². The Bertz CT molecular complexity index is 565. The van der Waals surface area contributed by atoms with Gasteiger partial charge >= 0.3 is 11.9 Å². The third-order valence-electron chi connectivity index (χ3n) is 6.70. The Hall–Kier alpha value is -1.39. The van der Waals surface area contributed by atoms with Gasteiger partial charge in [0.2, 0.25) is 0 Å². The molecule has 0 N–H and O–H groups in total. The van der Waals surface area contributed by atoms with E-state index in [1.54, 1.807) is 0 Å². The number of Topliss-reactive ketones (excluding diaryl/α,β-unsaturated/α-hetero) is 1. The predicted octanol–water partition coefficient (Wildman–Crippen LogP) is 0.766. The zero-order valence-corrected chi connectivity index (χ0v) is 11.4. The third kappa shape index (κ3) is 0.860. The van der Waals surface area contributed by atoms with Crippen molar-refractivity contribution in [2.24, 2.45) is 47.3 Å². The molecule has 0 aromatic heterocycles. The fraction of sp³-hybridized carbons (Fsp3) is 0.800. The van der Waals surface area contributed by atoms with E-state index in [0.717, 1.165) is 6.42 Å². The number of hydrogen-bond donors (Lipinski definition) is 0. The Kier molecular flexibility index (Phi) is 1.66. The van der Waals surface area contributed by atoms with Crippen molar-refractivity contribution in [3.05, 3.63) is 0 Å². The Labute approximate surface area is 116 Å². The molecule has 106 valence electrons. The van der Waals surface area contributed by atoms with Gasteiger partial charge < -0.3 is 9.47 Å². The highest BCUT2D eigenvalue weighted by Gasteiger charge is 2.90. The van der Waals surface area contributed by atoms with Gasteiger partial charge in [-0.05, 0) is 30.1 Å². The van der Waals surface area contributed by atoms with Gasteiger partial charge in [-0.15, -0.1) is 0 Å². The topological polar surface area (TPSA) is 69.7 Å². The maximum Gasteiger partial charge on any atom is 0.305 e. The number of esters is 2. The molecular formula is C15H16O5. The van der Waals surface area contributed by atoms with Gasteiger partial charge in [-0.25, -0.2) is 0 Å². The highest BCUT2D eigenvalue weighted by atomic mass is 16.7. The minimum atomic E-state index is -1.14. The normalized spacial score (nSPS) is 54.2. The first-order valence-corrected chi connectivity index (χ1v) is 7.40. The van der Waals surface area contributed by atoms with Crippen LogP contribution in [0.1, 0.15) is 20.3 Å². The second-order valence-corrected chi connectivity index (χ2v) is 7.13. The Morgan fingerprint density at radius 1 is 1.00 bits per heavy atom. The molecule has 0 aromatic carbocycles. The van der Waals surface area contributed by atoms with Crippen LogP contribution in [0.5, 0.6) is 0 Å². The van der Waals surface area contributed by atoms with Gasteiger partial charge in [0.1, 0.15) is 5.78 Å². The lowest BCUT2D eigenvalue weighted by Crippen LogP contribution is -2.61. The molecule has 0 saturated heterocycles. The molecule has 8 atom stereocenters. The van der Waals surface area contributed by atoms with Crippen LogP contribution in [0.3, 0.4) is 0 Å². The van der Waals surface area contributed by atoms with E-state index in [4.69, 9.17) is 9.47 Å². The van der Waals surface area contributed by atoms with Crippen LogP contribution in [-0.2, 0) is 23.9 Å². The lowest BCUT2D eigenvalue weighted by Gasteiger charge is -2.50. The van der Waals surface area contributed by atoms with Crippen molar-refractivity contribution in [1.29, 1.82) is 0 Å². The van der Waals surface area contributed by atoms with Crippen molar-refractivity contribution in [2.75, 3.05) is 0 Å². The smallest absolute Gasteiger partial charge is 0.305 e. The Morgan fingerprint density at radius 3 is 2.25 bits per heavy atom. The van der Waals surface area contributed by atoms with Crippen LogP contribution in [0.25, 0.3) is 0 Å². The average molecular weight is 276 g/mol. The molecule has 0 heterocycles. The second-order valence-electron chi connectivity index (χ2n) is 7.13. The molecule has 0 aliphatic heterocycles. The van der Waals surface area contributed by atoms with E-state index in [1.807, 2.05) is 0 Å². The molecule has 0 aromatic rings. The molecule has 5 fully saturated rings. The summed E-state index contributed by atoms with van der Waals surface area (Å²) < 4.78 is 11.2. The first kappa shape index (κ1) is 11.3. The van der Waals surface area contributed by atoms with E-state index in [9.17, 15) is 14.4 Å². The minimum Gasteiger partial charge on any atom is -0.422 e. The van der Waals surface area contributed by atoms with Crippen LogP contribution in [0.4, 0.5) is 0 Å². The maximum atomic E-state index is 12.5. The fourth-order valence-electron chi connectivity index (χ4n) is 6.86. The van der Waals surface area contributed by atoms with E-state index in [2.05, 4.69) is 0 Å². The van der Waals surface area contributed by atoms with E-state index in [1.165, 1.54) is 13.8 Å². The highest BCUT2D eigenvalue weighted by Crippen LogP contribution is 2.84. The van der Waals surface area contributed by atoms with Crippen molar-refractivity contribution >= 4 is 17.7 Å². The maximum absolute atomic E-state index is 12.5. The molecule has 5 aliphatic rings. The molecular weight excluding hydrogens is 260 g/mol. The van der Waals surface area contributed by atoms with Gasteiger partial charge in [0.15, 0.2) is 0 Å².